The van der Waals surface area contributed by atoms with Crippen LogP contribution in [0, 0.1) is 0 Å². The van der Waals surface area contributed by atoms with Crippen molar-refractivity contribution in [1.82, 2.24) is 15.0 Å². The lowest BCUT2D eigenvalue weighted by Crippen LogP contribution is -2.00. The largest absolute Gasteiger partial charge is 0.252 e. The van der Waals surface area contributed by atoms with Crippen LogP contribution in [-0.2, 0) is 19.9 Å². The number of aromatic nitrogens is 3. The first-order valence-electron chi connectivity index (χ1n) is 5.67. The molecule has 0 aliphatic rings. The molecule has 0 aliphatic heterocycles. The maximum Gasteiger partial charge on any atom is 0.0858 e. The molecule has 3 nitrogen and oxygen atoms in total. The number of hydrogen-bond acceptors (Lipinski definition) is 2. The van der Waals surface area contributed by atoms with Crippen LogP contribution in [0.15, 0.2) is 0 Å². The van der Waals surface area contributed by atoms with Gasteiger partial charge < -0.3 is 0 Å². The molecular weight excluding hydrogens is 174 g/mol. The summed E-state index contributed by atoms with van der Waals surface area (Å²) in [4.78, 5) is 0. The molecule has 0 aliphatic carbocycles. The van der Waals surface area contributed by atoms with E-state index in [-0.39, 0.29) is 0 Å². The lowest BCUT2D eigenvalue weighted by molar-refractivity contribution is 0.639. The molecule has 0 saturated heterocycles. The summed E-state index contributed by atoms with van der Waals surface area (Å²) in [6.45, 7) is 4.42. The van der Waals surface area contributed by atoms with Gasteiger partial charge >= 0.3 is 0 Å². The highest BCUT2D eigenvalue weighted by Crippen LogP contribution is 2.11. The van der Waals surface area contributed by atoms with Crippen molar-refractivity contribution in [2.45, 2.75) is 52.4 Å². The summed E-state index contributed by atoms with van der Waals surface area (Å²) in [6.07, 6.45) is 7.18. The summed E-state index contributed by atoms with van der Waals surface area (Å²) in [5, 5.41) is 8.28. The zero-order chi connectivity index (χ0) is 10.4. The van der Waals surface area contributed by atoms with E-state index in [1.807, 2.05) is 11.7 Å². The predicted molar refractivity (Wildman–Crippen MR) is 58.2 cm³/mol. The van der Waals surface area contributed by atoms with Crippen molar-refractivity contribution in [1.29, 1.82) is 0 Å². The summed E-state index contributed by atoms with van der Waals surface area (Å²) >= 11 is 0. The average Bonchev–Trinajstić information content (AvgIpc) is 2.50. The first-order valence-corrected chi connectivity index (χ1v) is 5.67. The third kappa shape index (κ3) is 2.82. The van der Waals surface area contributed by atoms with Crippen molar-refractivity contribution >= 4 is 0 Å². The van der Waals surface area contributed by atoms with E-state index in [1.54, 1.807) is 0 Å². The van der Waals surface area contributed by atoms with Crippen LogP contribution in [0.3, 0.4) is 0 Å². The Labute approximate surface area is 86.5 Å². The fraction of sp³-hybridized carbons (Fsp3) is 0.818. The molecule has 0 atom stereocenters. The van der Waals surface area contributed by atoms with E-state index in [0.29, 0.717) is 0 Å². The van der Waals surface area contributed by atoms with E-state index in [4.69, 9.17) is 0 Å². The average molecular weight is 195 g/mol. The van der Waals surface area contributed by atoms with Gasteiger partial charge in [0, 0.05) is 7.05 Å². The maximum atomic E-state index is 4.20. The lowest BCUT2D eigenvalue weighted by Gasteiger charge is -2.02. The molecule has 0 unspecified atom stereocenters. The fourth-order valence-corrected chi connectivity index (χ4v) is 1.70. The van der Waals surface area contributed by atoms with Crippen LogP contribution in [0.25, 0.3) is 0 Å². The van der Waals surface area contributed by atoms with E-state index >= 15 is 0 Å². The Bertz CT molecular complexity index is 265. The van der Waals surface area contributed by atoms with Crippen LogP contribution >= 0.6 is 0 Å². The molecule has 1 heterocycles. The Kier molecular flexibility index (Phi) is 4.63. The van der Waals surface area contributed by atoms with Crippen LogP contribution in [0.1, 0.15) is 50.9 Å². The molecule has 0 radical (unpaired) electrons. The minimum absolute atomic E-state index is 1.06. The van der Waals surface area contributed by atoms with E-state index in [2.05, 4.69) is 24.2 Å². The van der Waals surface area contributed by atoms with Crippen LogP contribution in [-0.4, -0.2) is 15.0 Å². The third-order valence-corrected chi connectivity index (χ3v) is 2.53. The lowest BCUT2D eigenvalue weighted by atomic mass is 10.1. The highest BCUT2D eigenvalue weighted by molar-refractivity contribution is 5.10. The number of nitrogens with zero attached hydrogens (tertiary/aromatic N) is 3. The zero-order valence-electron chi connectivity index (χ0n) is 9.58. The molecule has 1 rings (SSSR count). The Morgan fingerprint density at radius 3 is 2.50 bits per heavy atom. The van der Waals surface area contributed by atoms with Gasteiger partial charge in [-0.1, -0.05) is 38.3 Å². The van der Waals surface area contributed by atoms with Crippen LogP contribution in [0.2, 0.25) is 0 Å². The third-order valence-electron chi connectivity index (χ3n) is 2.53. The van der Waals surface area contributed by atoms with Crippen molar-refractivity contribution in [3.05, 3.63) is 11.4 Å². The Balaban J connectivity index is 2.57. The monoisotopic (exact) mass is 195 g/mol. The first kappa shape index (κ1) is 11.2. The molecule has 1 aromatic heterocycles. The smallest absolute Gasteiger partial charge is 0.0858 e. The Hall–Kier alpha value is -0.860. The van der Waals surface area contributed by atoms with E-state index < -0.39 is 0 Å². The number of hydrogen-bond donors (Lipinski definition) is 0. The molecule has 80 valence electrons. The molecule has 0 bridgehead atoms. The molecule has 1 aromatic rings. The second-order valence-corrected chi connectivity index (χ2v) is 3.81. The molecule has 0 spiro atoms. The minimum Gasteiger partial charge on any atom is -0.252 e. The van der Waals surface area contributed by atoms with Gasteiger partial charge in [-0.3, -0.25) is 4.68 Å². The molecule has 0 fully saturated rings. The highest BCUT2D eigenvalue weighted by Gasteiger charge is 2.08. The maximum absolute atomic E-state index is 4.20. The summed E-state index contributed by atoms with van der Waals surface area (Å²) in [5.74, 6) is 0. The fourth-order valence-electron chi connectivity index (χ4n) is 1.70. The van der Waals surface area contributed by atoms with Gasteiger partial charge in [-0.15, -0.1) is 5.10 Å². The second-order valence-electron chi connectivity index (χ2n) is 3.81. The van der Waals surface area contributed by atoms with E-state index in [1.165, 1.54) is 30.7 Å². The molecular formula is C11H21N3. The number of rotatable bonds is 6. The highest BCUT2D eigenvalue weighted by atomic mass is 15.4. The normalized spacial score (nSPS) is 10.8. The summed E-state index contributed by atoms with van der Waals surface area (Å²) in [6, 6.07) is 0. The van der Waals surface area contributed by atoms with Gasteiger partial charge in [-0.2, -0.15) is 0 Å². The SMILES string of the molecule is CCCCCc1c(CCC)nnn1C. The molecule has 14 heavy (non-hydrogen) atoms. The molecule has 0 amide bonds. The van der Waals surface area contributed by atoms with Gasteiger partial charge in [0.1, 0.15) is 0 Å². The summed E-state index contributed by atoms with van der Waals surface area (Å²) < 4.78 is 1.93. The summed E-state index contributed by atoms with van der Waals surface area (Å²) in [5.41, 5.74) is 2.53. The van der Waals surface area contributed by atoms with Gasteiger partial charge in [0.05, 0.1) is 11.4 Å². The number of unbranched alkanes of at least 4 members (excludes halogenated alkanes) is 2. The Morgan fingerprint density at radius 1 is 1.07 bits per heavy atom. The van der Waals surface area contributed by atoms with Crippen molar-refractivity contribution < 1.29 is 0 Å². The second kappa shape index (κ2) is 5.78. The van der Waals surface area contributed by atoms with Gasteiger partial charge in [0.15, 0.2) is 0 Å². The minimum atomic E-state index is 1.06. The van der Waals surface area contributed by atoms with Crippen molar-refractivity contribution in [2.24, 2.45) is 7.05 Å². The van der Waals surface area contributed by atoms with Gasteiger partial charge in [-0.05, 0) is 19.3 Å². The van der Waals surface area contributed by atoms with Crippen LogP contribution < -0.4 is 0 Å². The van der Waals surface area contributed by atoms with Crippen molar-refractivity contribution in [3.63, 3.8) is 0 Å². The molecule has 0 N–H and O–H groups in total. The van der Waals surface area contributed by atoms with Crippen LogP contribution in [0.5, 0.6) is 0 Å². The molecule has 0 aromatic carbocycles. The molecule has 3 heteroatoms. The number of aryl methyl sites for hydroxylation is 2. The molecule has 0 saturated carbocycles. The van der Waals surface area contributed by atoms with E-state index in [0.717, 1.165) is 19.3 Å². The standard InChI is InChI=1S/C11H21N3/c1-4-6-7-9-11-10(8-5-2)12-13-14(11)3/h4-9H2,1-3H3. The van der Waals surface area contributed by atoms with Crippen LogP contribution in [0.4, 0.5) is 0 Å². The predicted octanol–water partition coefficient (Wildman–Crippen LogP) is 2.50. The summed E-state index contributed by atoms with van der Waals surface area (Å²) in [7, 11) is 1.99. The van der Waals surface area contributed by atoms with Crippen molar-refractivity contribution in [2.75, 3.05) is 0 Å². The zero-order valence-corrected chi connectivity index (χ0v) is 9.58. The quantitative estimate of drug-likeness (QED) is 0.653. The van der Waals surface area contributed by atoms with E-state index in [9.17, 15) is 0 Å². The van der Waals surface area contributed by atoms with Gasteiger partial charge in [-0.25, -0.2) is 0 Å². The topological polar surface area (TPSA) is 30.7 Å². The van der Waals surface area contributed by atoms with Gasteiger partial charge in [0.2, 0.25) is 0 Å². The Morgan fingerprint density at radius 2 is 1.86 bits per heavy atom. The van der Waals surface area contributed by atoms with Crippen molar-refractivity contribution in [3.8, 4) is 0 Å². The van der Waals surface area contributed by atoms with Gasteiger partial charge in [0.25, 0.3) is 0 Å². The first-order chi connectivity index (χ1) is 6.79.